The minimum absolute atomic E-state index is 0.190. The molecular formula is C33H40ClN5O5. The first-order valence-corrected chi connectivity index (χ1v) is 16.1. The van der Waals surface area contributed by atoms with E-state index in [1.54, 1.807) is 4.57 Å². The smallest absolute Gasteiger partial charge is 0.332 e. The summed E-state index contributed by atoms with van der Waals surface area (Å²) in [4.78, 5) is 37.4. The Hall–Kier alpha value is -3.47. The first kappa shape index (κ1) is 30.6. The van der Waals surface area contributed by atoms with E-state index in [-0.39, 0.29) is 30.2 Å². The molecule has 44 heavy (non-hydrogen) atoms. The fraction of sp³-hybridized carbons (Fsp3) is 0.515. The zero-order chi connectivity index (χ0) is 30.8. The molecule has 11 heteroatoms. The fourth-order valence-electron chi connectivity index (χ4n) is 6.12. The molecule has 4 aromatic rings. The Kier molecular flexibility index (Phi) is 9.21. The van der Waals surface area contributed by atoms with Gasteiger partial charge in [-0.1, -0.05) is 30.7 Å². The number of ether oxygens (including phenoxy) is 3. The van der Waals surface area contributed by atoms with Crippen LogP contribution in [0.3, 0.4) is 0 Å². The first-order valence-electron chi connectivity index (χ1n) is 15.7. The molecule has 0 spiro atoms. The minimum Gasteiger partial charge on any atom is -0.474 e. The molecule has 1 aromatic carbocycles. The molecular weight excluding hydrogens is 582 g/mol. The molecule has 0 amide bonds. The Morgan fingerprint density at radius 2 is 1.82 bits per heavy atom. The van der Waals surface area contributed by atoms with Crippen LogP contribution in [0.5, 0.6) is 5.88 Å². The summed E-state index contributed by atoms with van der Waals surface area (Å²) in [6, 6.07) is 11.3. The average Bonchev–Trinajstić information content (AvgIpc) is 3.36. The zero-order valence-electron chi connectivity index (χ0n) is 25.6. The Morgan fingerprint density at radius 1 is 1.02 bits per heavy atom. The number of benzene rings is 1. The third-order valence-electron chi connectivity index (χ3n) is 8.57. The highest BCUT2D eigenvalue weighted by Gasteiger charge is 2.28. The van der Waals surface area contributed by atoms with Crippen molar-refractivity contribution in [3.8, 4) is 17.3 Å². The molecule has 1 saturated carbocycles. The molecule has 0 bridgehead atoms. The molecule has 4 heterocycles. The number of imidazole rings is 1. The zero-order valence-corrected chi connectivity index (χ0v) is 26.4. The van der Waals surface area contributed by atoms with Crippen molar-refractivity contribution in [3.05, 3.63) is 73.5 Å². The maximum atomic E-state index is 14.1. The van der Waals surface area contributed by atoms with E-state index in [0.717, 1.165) is 48.9 Å². The lowest BCUT2D eigenvalue weighted by atomic mass is 9.84. The normalized spacial score (nSPS) is 20.1. The van der Waals surface area contributed by atoms with Gasteiger partial charge in [0.15, 0.2) is 17.5 Å². The summed E-state index contributed by atoms with van der Waals surface area (Å²) in [5, 5.41) is 0.629. The van der Waals surface area contributed by atoms with E-state index in [1.165, 1.54) is 4.57 Å². The number of nitrogens with zero attached hydrogens (tertiary/aromatic N) is 5. The molecule has 2 aliphatic rings. The van der Waals surface area contributed by atoms with Crippen LogP contribution in [0.2, 0.25) is 5.02 Å². The standard InChI is InChI=1S/C33H40ClN5O5/c1-4-37-31-29(32(40)38(33(37)41)15-7-17-43-28-8-5-6-16-42-28)39(20-23-9-11-24(34)12-10-23)30(36-31)26-13-14-27(35-22(26)3)44-25-18-21(2)19-25/h9-14,21,25,28H,4-8,15-20H2,1-3H3. The maximum absolute atomic E-state index is 14.1. The topological polar surface area (TPSA) is 102 Å². The lowest BCUT2D eigenvalue weighted by Gasteiger charge is -2.32. The number of rotatable bonds is 11. The Bertz CT molecular complexity index is 1730. The van der Waals surface area contributed by atoms with E-state index in [1.807, 2.05) is 54.8 Å². The van der Waals surface area contributed by atoms with Gasteiger partial charge in [-0.25, -0.2) is 14.8 Å². The molecule has 1 aliphatic heterocycles. The molecule has 0 N–H and O–H groups in total. The van der Waals surface area contributed by atoms with Crippen LogP contribution in [0.25, 0.3) is 22.6 Å². The van der Waals surface area contributed by atoms with Crippen LogP contribution in [0.4, 0.5) is 0 Å². The van der Waals surface area contributed by atoms with E-state index in [4.69, 9.17) is 35.8 Å². The van der Waals surface area contributed by atoms with Gasteiger partial charge in [0.25, 0.3) is 5.56 Å². The predicted octanol–water partition coefficient (Wildman–Crippen LogP) is 5.56. The molecule has 0 radical (unpaired) electrons. The minimum atomic E-state index is -0.380. The molecule has 1 atom stereocenters. The van der Waals surface area contributed by atoms with Gasteiger partial charge in [0, 0.05) is 42.9 Å². The molecule has 2 fully saturated rings. The van der Waals surface area contributed by atoms with Crippen LogP contribution >= 0.6 is 11.6 Å². The van der Waals surface area contributed by atoms with Crippen LogP contribution in [0.1, 0.15) is 63.6 Å². The summed E-state index contributed by atoms with van der Waals surface area (Å²) < 4.78 is 22.4. The predicted molar refractivity (Wildman–Crippen MR) is 169 cm³/mol. The molecule has 10 nitrogen and oxygen atoms in total. The van der Waals surface area contributed by atoms with Gasteiger partial charge >= 0.3 is 5.69 Å². The highest BCUT2D eigenvalue weighted by atomic mass is 35.5. The van der Waals surface area contributed by atoms with Crippen molar-refractivity contribution < 1.29 is 14.2 Å². The monoisotopic (exact) mass is 621 g/mol. The second-order valence-corrected chi connectivity index (χ2v) is 12.4. The summed E-state index contributed by atoms with van der Waals surface area (Å²) in [6.07, 6.45) is 5.52. The molecule has 1 saturated heterocycles. The van der Waals surface area contributed by atoms with Gasteiger partial charge in [-0.05, 0) is 82.1 Å². The number of aromatic nitrogens is 5. The van der Waals surface area contributed by atoms with E-state index in [0.29, 0.717) is 66.5 Å². The van der Waals surface area contributed by atoms with Crippen molar-refractivity contribution in [2.75, 3.05) is 13.2 Å². The second kappa shape index (κ2) is 13.3. The Balaban J connectivity index is 1.39. The Morgan fingerprint density at radius 3 is 2.50 bits per heavy atom. The fourth-order valence-corrected chi connectivity index (χ4v) is 6.25. The van der Waals surface area contributed by atoms with Crippen molar-refractivity contribution in [1.82, 2.24) is 23.7 Å². The van der Waals surface area contributed by atoms with Gasteiger partial charge in [-0.2, -0.15) is 0 Å². The summed E-state index contributed by atoms with van der Waals surface area (Å²) in [7, 11) is 0. The molecule has 234 valence electrons. The second-order valence-electron chi connectivity index (χ2n) is 11.9. The number of pyridine rings is 1. The van der Waals surface area contributed by atoms with Crippen molar-refractivity contribution in [2.24, 2.45) is 5.92 Å². The van der Waals surface area contributed by atoms with Gasteiger partial charge in [0.1, 0.15) is 11.9 Å². The van der Waals surface area contributed by atoms with Crippen molar-refractivity contribution in [1.29, 1.82) is 0 Å². The number of halogens is 1. The van der Waals surface area contributed by atoms with Crippen LogP contribution < -0.4 is 16.0 Å². The third-order valence-corrected chi connectivity index (χ3v) is 8.82. The molecule has 3 aromatic heterocycles. The first-order chi connectivity index (χ1) is 21.3. The highest BCUT2D eigenvalue weighted by molar-refractivity contribution is 6.30. The van der Waals surface area contributed by atoms with Gasteiger partial charge in [-0.15, -0.1) is 0 Å². The number of hydrogen-bond acceptors (Lipinski definition) is 7. The maximum Gasteiger partial charge on any atom is 0.332 e. The SMILES string of the molecule is CCn1c(=O)n(CCCOC2CCCCO2)c(=O)c2c1nc(-c1ccc(OC3CC(C)C3)nc1C)n2Cc1ccc(Cl)cc1. The summed E-state index contributed by atoms with van der Waals surface area (Å²) in [5.41, 5.74) is 2.42. The van der Waals surface area contributed by atoms with E-state index < -0.39 is 0 Å². The summed E-state index contributed by atoms with van der Waals surface area (Å²) in [5.74, 6) is 1.82. The summed E-state index contributed by atoms with van der Waals surface area (Å²) >= 11 is 6.17. The molecule has 1 aliphatic carbocycles. The summed E-state index contributed by atoms with van der Waals surface area (Å²) in [6.45, 7) is 8.08. The van der Waals surface area contributed by atoms with Crippen molar-refractivity contribution in [3.63, 3.8) is 0 Å². The quantitative estimate of drug-likeness (QED) is 0.202. The van der Waals surface area contributed by atoms with Crippen LogP contribution in [-0.4, -0.2) is 49.3 Å². The number of hydrogen-bond donors (Lipinski definition) is 0. The van der Waals surface area contributed by atoms with Crippen LogP contribution in [-0.2, 0) is 29.1 Å². The number of aryl methyl sites for hydroxylation is 2. The number of fused-ring (bicyclic) bond motifs is 1. The van der Waals surface area contributed by atoms with E-state index in [9.17, 15) is 9.59 Å². The van der Waals surface area contributed by atoms with Gasteiger partial charge < -0.3 is 18.8 Å². The third kappa shape index (κ3) is 6.34. The lowest BCUT2D eigenvalue weighted by molar-refractivity contribution is -0.163. The Labute approximate surface area is 261 Å². The lowest BCUT2D eigenvalue weighted by Crippen LogP contribution is -2.40. The van der Waals surface area contributed by atoms with Crippen molar-refractivity contribution >= 4 is 22.8 Å². The van der Waals surface area contributed by atoms with Crippen LogP contribution in [0.15, 0.2) is 46.0 Å². The highest BCUT2D eigenvalue weighted by Crippen LogP contribution is 2.32. The van der Waals surface area contributed by atoms with Gasteiger partial charge in [0.05, 0.1) is 12.3 Å². The molecule has 1 unspecified atom stereocenters. The van der Waals surface area contributed by atoms with Gasteiger partial charge in [0.2, 0.25) is 5.88 Å². The van der Waals surface area contributed by atoms with E-state index in [2.05, 4.69) is 6.92 Å². The van der Waals surface area contributed by atoms with Crippen LogP contribution in [0, 0.1) is 12.8 Å². The average molecular weight is 622 g/mol. The largest absolute Gasteiger partial charge is 0.474 e. The van der Waals surface area contributed by atoms with E-state index >= 15 is 0 Å². The van der Waals surface area contributed by atoms with Crippen molar-refractivity contribution in [2.45, 2.75) is 91.3 Å². The molecule has 6 rings (SSSR count). The van der Waals surface area contributed by atoms with Gasteiger partial charge in [-0.3, -0.25) is 13.9 Å².